The molecular formula is C21H20N6O3. The standard InChI is InChI=1S/C21H20N6O3/c1-13-2-7-16(10-24-13)27(20(22)28)19-12-23-11-17(25-19)14-3-5-15(6-4-14)18-8-9-26(18)21(29)30/h2-7,10-12,18H,8-9H2,1H3,(H2,22,28)(H,29,30). The maximum atomic E-state index is 12.1. The van der Waals surface area contributed by atoms with Gasteiger partial charge in [0.15, 0.2) is 5.82 Å². The summed E-state index contributed by atoms with van der Waals surface area (Å²) in [6.07, 6.45) is 4.50. The summed E-state index contributed by atoms with van der Waals surface area (Å²) in [4.78, 5) is 38.9. The third-order valence-electron chi connectivity index (χ3n) is 5.08. The van der Waals surface area contributed by atoms with E-state index in [4.69, 9.17) is 5.73 Å². The van der Waals surface area contributed by atoms with Crippen molar-refractivity contribution in [2.24, 2.45) is 5.73 Å². The first-order valence-corrected chi connectivity index (χ1v) is 9.38. The third-order valence-corrected chi connectivity index (χ3v) is 5.08. The Morgan fingerprint density at radius 2 is 1.90 bits per heavy atom. The van der Waals surface area contributed by atoms with Crippen molar-refractivity contribution in [2.45, 2.75) is 19.4 Å². The van der Waals surface area contributed by atoms with E-state index in [-0.39, 0.29) is 11.9 Å². The van der Waals surface area contributed by atoms with Gasteiger partial charge in [0.2, 0.25) is 0 Å². The van der Waals surface area contributed by atoms with Crippen LogP contribution in [0, 0.1) is 6.92 Å². The number of nitrogens with two attached hydrogens (primary N) is 1. The summed E-state index contributed by atoms with van der Waals surface area (Å²) in [7, 11) is 0. The average Bonchev–Trinajstić information content (AvgIpc) is 2.69. The molecular weight excluding hydrogens is 384 g/mol. The van der Waals surface area contributed by atoms with Gasteiger partial charge in [-0.3, -0.25) is 9.97 Å². The number of pyridine rings is 1. The van der Waals surface area contributed by atoms with Crippen LogP contribution in [0.25, 0.3) is 11.3 Å². The Kier molecular flexibility index (Phi) is 5.01. The van der Waals surface area contributed by atoms with E-state index in [0.717, 1.165) is 23.2 Å². The zero-order valence-corrected chi connectivity index (χ0v) is 16.3. The highest BCUT2D eigenvalue weighted by Crippen LogP contribution is 2.34. The van der Waals surface area contributed by atoms with E-state index in [1.165, 1.54) is 16.0 Å². The number of benzene rings is 1. The molecule has 1 saturated heterocycles. The number of carboxylic acid groups (broad SMARTS) is 1. The molecule has 4 rings (SSSR count). The van der Waals surface area contributed by atoms with Gasteiger partial charge in [-0.25, -0.2) is 19.5 Å². The zero-order chi connectivity index (χ0) is 21.3. The van der Waals surface area contributed by atoms with Crippen molar-refractivity contribution in [3.05, 3.63) is 66.2 Å². The van der Waals surface area contributed by atoms with E-state index in [9.17, 15) is 14.7 Å². The molecule has 2 aromatic heterocycles. The second kappa shape index (κ2) is 7.78. The highest BCUT2D eigenvalue weighted by Gasteiger charge is 2.33. The lowest BCUT2D eigenvalue weighted by molar-refractivity contribution is 0.0753. The number of carbonyl (C=O) groups excluding carboxylic acids is 1. The maximum absolute atomic E-state index is 12.1. The fraction of sp³-hybridized carbons (Fsp3) is 0.190. The van der Waals surface area contributed by atoms with E-state index < -0.39 is 12.1 Å². The Hall–Kier alpha value is -4.01. The van der Waals surface area contributed by atoms with Gasteiger partial charge >= 0.3 is 12.1 Å². The largest absolute Gasteiger partial charge is 0.465 e. The molecule has 1 unspecified atom stereocenters. The minimum absolute atomic E-state index is 0.117. The van der Waals surface area contributed by atoms with Crippen molar-refractivity contribution in [3.8, 4) is 11.3 Å². The van der Waals surface area contributed by atoms with E-state index in [1.807, 2.05) is 31.2 Å². The van der Waals surface area contributed by atoms with Crippen LogP contribution in [0.2, 0.25) is 0 Å². The van der Waals surface area contributed by atoms with Crippen LogP contribution >= 0.6 is 0 Å². The van der Waals surface area contributed by atoms with Gasteiger partial charge in [-0.1, -0.05) is 24.3 Å². The summed E-state index contributed by atoms with van der Waals surface area (Å²) in [6.45, 7) is 2.40. The topological polar surface area (TPSA) is 126 Å². The van der Waals surface area contributed by atoms with Crippen molar-refractivity contribution in [1.82, 2.24) is 19.9 Å². The number of likely N-dealkylation sites (tertiary alicyclic amines) is 1. The first-order valence-electron chi connectivity index (χ1n) is 9.38. The maximum Gasteiger partial charge on any atom is 0.407 e. The Morgan fingerprint density at radius 1 is 1.13 bits per heavy atom. The fourth-order valence-corrected chi connectivity index (χ4v) is 3.41. The fourth-order valence-electron chi connectivity index (χ4n) is 3.41. The number of rotatable bonds is 4. The van der Waals surface area contributed by atoms with E-state index in [0.29, 0.717) is 17.9 Å². The smallest absolute Gasteiger partial charge is 0.407 e. The SMILES string of the molecule is Cc1ccc(N(C(N)=O)c2cncc(-c3ccc(C4CCN4C(=O)O)cc3)n2)cn1. The molecule has 1 fully saturated rings. The van der Waals surface area contributed by atoms with E-state index in [1.54, 1.807) is 24.5 Å². The highest BCUT2D eigenvalue weighted by atomic mass is 16.4. The number of aryl methyl sites for hydroxylation is 1. The normalized spacial score (nSPS) is 15.4. The average molecular weight is 404 g/mol. The number of carbonyl (C=O) groups is 2. The second-order valence-corrected chi connectivity index (χ2v) is 7.00. The minimum atomic E-state index is -0.911. The molecule has 3 amide bonds. The van der Waals surface area contributed by atoms with Crippen LogP contribution < -0.4 is 10.6 Å². The quantitative estimate of drug-likeness (QED) is 0.686. The lowest BCUT2D eigenvalue weighted by Crippen LogP contribution is -2.44. The minimum Gasteiger partial charge on any atom is -0.465 e. The summed E-state index contributed by atoms with van der Waals surface area (Å²) in [5.41, 5.74) is 9.18. The van der Waals surface area contributed by atoms with Crippen LogP contribution in [-0.2, 0) is 0 Å². The molecule has 0 aliphatic carbocycles. The van der Waals surface area contributed by atoms with Gasteiger partial charge in [-0.15, -0.1) is 0 Å². The van der Waals surface area contributed by atoms with Gasteiger partial charge < -0.3 is 15.7 Å². The highest BCUT2D eigenvalue weighted by molar-refractivity contribution is 5.97. The van der Waals surface area contributed by atoms with Crippen LogP contribution in [0.5, 0.6) is 0 Å². The summed E-state index contributed by atoms with van der Waals surface area (Å²) in [5, 5.41) is 9.19. The molecule has 1 aliphatic heterocycles. The predicted molar refractivity (Wildman–Crippen MR) is 110 cm³/mol. The van der Waals surface area contributed by atoms with Gasteiger partial charge in [-0.2, -0.15) is 0 Å². The summed E-state index contributed by atoms with van der Waals surface area (Å²) in [6, 6.07) is 10.2. The van der Waals surface area contributed by atoms with Crippen molar-refractivity contribution in [3.63, 3.8) is 0 Å². The lowest BCUT2D eigenvalue weighted by Gasteiger charge is -2.39. The molecule has 0 spiro atoms. The Morgan fingerprint density at radius 3 is 2.47 bits per heavy atom. The number of primary amides is 1. The predicted octanol–water partition coefficient (Wildman–Crippen LogP) is 3.49. The second-order valence-electron chi connectivity index (χ2n) is 7.00. The number of urea groups is 1. The monoisotopic (exact) mass is 404 g/mol. The molecule has 3 aromatic rings. The Labute approximate surface area is 172 Å². The molecule has 0 saturated carbocycles. The van der Waals surface area contributed by atoms with Gasteiger partial charge in [-0.05, 0) is 31.0 Å². The van der Waals surface area contributed by atoms with Gasteiger partial charge in [0, 0.05) is 17.8 Å². The number of hydrogen-bond acceptors (Lipinski definition) is 5. The number of nitrogens with zero attached hydrogens (tertiary/aromatic N) is 5. The summed E-state index contributed by atoms with van der Waals surface area (Å²) < 4.78 is 0. The molecule has 152 valence electrons. The van der Waals surface area contributed by atoms with Crippen molar-refractivity contribution < 1.29 is 14.7 Å². The van der Waals surface area contributed by atoms with Crippen LogP contribution in [0.3, 0.4) is 0 Å². The van der Waals surface area contributed by atoms with Crippen molar-refractivity contribution in [2.75, 3.05) is 11.4 Å². The molecule has 3 heterocycles. The molecule has 3 N–H and O–H groups in total. The Bertz CT molecular complexity index is 1080. The van der Waals surface area contributed by atoms with Crippen molar-refractivity contribution in [1.29, 1.82) is 0 Å². The van der Waals surface area contributed by atoms with Crippen LogP contribution in [-0.4, -0.2) is 43.6 Å². The van der Waals surface area contributed by atoms with Crippen LogP contribution in [0.1, 0.15) is 23.7 Å². The molecule has 1 aliphatic rings. The van der Waals surface area contributed by atoms with Crippen molar-refractivity contribution >= 4 is 23.6 Å². The van der Waals surface area contributed by atoms with Gasteiger partial charge in [0.1, 0.15) is 0 Å². The van der Waals surface area contributed by atoms with Crippen LogP contribution in [0.4, 0.5) is 21.1 Å². The first kappa shape index (κ1) is 19.3. The molecule has 30 heavy (non-hydrogen) atoms. The number of aromatic nitrogens is 3. The number of hydrogen-bond donors (Lipinski definition) is 2. The molecule has 9 heteroatoms. The zero-order valence-electron chi connectivity index (χ0n) is 16.3. The third kappa shape index (κ3) is 3.64. The molecule has 1 aromatic carbocycles. The number of amides is 3. The summed E-state index contributed by atoms with van der Waals surface area (Å²) in [5.74, 6) is 0.283. The molecule has 0 bridgehead atoms. The molecule has 9 nitrogen and oxygen atoms in total. The molecule has 1 atom stereocenters. The lowest BCUT2D eigenvalue weighted by atomic mass is 9.94. The van der Waals surface area contributed by atoms with Gasteiger partial charge in [0.25, 0.3) is 0 Å². The first-order chi connectivity index (χ1) is 14.4. The van der Waals surface area contributed by atoms with Gasteiger partial charge in [0.05, 0.1) is 36.0 Å². The number of anilines is 2. The van der Waals surface area contributed by atoms with Crippen LogP contribution in [0.15, 0.2) is 55.0 Å². The molecule has 0 radical (unpaired) electrons. The van der Waals surface area contributed by atoms with E-state index in [2.05, 4.69) is 15.0 Å². The Balaban J connectivity index is 1.62. The van der Waals surface area contributed by atoms with E-state index >= 15 is 0 Å². The summed E-state index contributed by atoms with van der Waals surface area (Å²) >= 11 is 0.